The van der Waals surface area contributed by atoms with E-state index in [2.05, 4.69) is 14.9 Å². The van der Waals surface area contributed by atoms with Crippen molar-refractivity contribution in [3.05, 3.63) is 18.6 Å². The molecule has 0 N–H and O–H groups in total. The molecule has 0 unspecified atom stereocenters. The smallest absolute Gasteiger partial charge is 0.410 e. The molecule has 6 heteroatoms. The Morgan fingerprint density at radius 2 is 2.00 bits per heavy atom. The first-order valence-electron chi connectivity index (χ1n) is 7.21. The number of carbonyl (C=O) groups excluding carboxylic acids is 1. The molecule has 1 aliphatic heterocycles. The Morgan fingerprint density at radius 1 is 1.29 bits per heavy atom. The first-order valence-corrected chi connectivity index (χ1v) is 7.21. The predicted molar refractivity (Wildman–Crippen MR) is 81.3 cm³/mol. The lowest BCUT2D eigenvalue weighted by Crippen LogP contribution is -2.62. The third kappa shape index (κ3) is 3.83. The summed E-state index contributed by atoms with van der Waals surface area (Å²) < 4.78 is 5.49. The highest BCUT2D eigenvalue weighted by Crippen LogP contribution is 2.25. The Labute approximate surface area is 126 Å². The Hall–Kier alpha value is -1.85. The monoisotopic (exact) mass is 292 g/mol. The maximum absolute atomic E-state index is 12.3. The zero-order chi connectivity index (χ0) is 15.7. The van der Waals surface area contributed by atoms with Crippen LogP contribution in [0.25, 0.3) is 0 Å². The summed E-state index contributed by atoms with van der Waals surface area (Å²) in [6, 6.07) is 0. The quantitative estimate of drug-likeness (QED) is 0.795. The molecule has 1 saturated heterocycles. The van der Waals surface area contributed by atoms with Crippen LogP contribution in [0.1, 0.15) is 34.6 Å². The summed E-state index contributed by atoms with van der Waals surface area (Å²) >= 11 is 0. The first kappa shape index (κ1) is 15.5. The van der Waals surface area contributed by atoms with Gasteiger partial charge in [0.05, 0.1) is 11.7 Å². The van der Waals surface area contributed by atoms with Crippen LogP contribution in [-0.2, 0) is 4.74 Å². The molecule has 1 aromatic rings. The Kier molecular flexibility index (Phi) is 4.07. The van der Waals surface area contributed by atoms with Crippen LogP contribution >= 0.6 is 0 Å². The summed E-state index contributed by atoms with van der Waals surface area (Å²) in [5, 5.41) is 0. The minimum atomic E-state index is -0.477. The van der Waals surface area contributed by atoms with Gasteiger partial charge in [-0.2, -0.15) is 0 Å². The average Bonchev–Trinajstić information content (AvgIpc) is 2.36. The number of hydrogen-bond acceptors (Lipinski definition) is 5. The third-order valence-electron chi connectivity index (χ3n) is 3.39. The number of carbonyl (C=O) groups is 1. The van der Waals surface area contributed by atoms with E-state index in [1.165, 1.54) is 0 Å². The van der Waals surface area contributed by atoms with Crippen molar-refractivity contribution in [2.45, 2.75) is 45.8 Å². The van der Waals surface area contributed by atoms with E-state index >= 15 is 0 Å². The van der Waals surface area contributed by atoms with Gasteiger partial charge in [0.2, 0.25) is 0 Å². The Bertz CT molecular complexity index is 496. The number of rotatable bonds is 1. The van der Waals surface area contributed by atoms with Gasteiger partial charge in [0.15, 0.2) is 0 Å². The second-order valence-electron chi connectivity index (χ2n) is 6.93. The maximum atomic E-state index is 12.3. The molecule has 6 nitrogen and oxygen atoms in total. The number of nitrogens with zero attached hydrogens (tertiary/aromatic N) is 4. The molecule has 1 aromatic heterocycles. The van der Waals surface area contributed by atoms with Gasteiger partial charge in [-0.3, -0.25) is 9.88 Å². The van der Waals surface area contributed by atoms with Crippen molar-refractivity contribution in [2.24, 2.45) is 0 Å². The molecule has 0 radical (unpaired) electrons. The van der Waals surface area contributed by atoms with Crippen LogP contribution in [0.5, 0.6) is 0 Å². The number of hydrogen-bond donors (Lipinski definition) is 0. The van der Waals surface area contributed by atoms with Gasteiger partial charge in [-0.15, -0.1) is 0 Å². The highest BCUT2D eigenvalue weighted by atomic mass is 16.6. The van der Waals surface area contributed by atoms with E-state index in [4.69, 9.17) is 4.74 Å². The molecule has 0 spiro atoms. The molecule has 0 aromatic carbocycles. The van der Waals surface area contributed by atoms with Gasteiger partial charge in [0.25, 0.3) is 0 Å². The molecule has 0 bridgehead atoms. The average molecular weight is 292 g/mol. The molecular weight excluding hydrogens is 268 g/mol. The standard InChI is InChI=1S/C15H24N4O2/c1-14(2,3)21-13(20)19-9-8-18(11-15(19,4)5)12-10-16-6-7-17-12/h6-7,10H,8-9,11H2,1-5H3. The summed E-state index contributed by atoms with van der Waals surface area (Å²) in [7, 11) is 0. The van der Waals surface area contributed by atoms with E-state index in [-0.39, 0.29) is 11.6 Å². The number of piperazine rings is 1. The molecule has 2 heterocycles. The van der Waals surface area contributed by atoms with Gasteiger partial charge in [-0.25, -0.2) is 9.78 Å². The molecule has 1 amide bonds. The van der Waals surface area contributed by atoms with Crippen LogP contribution in [-0.4, -0.2) is 51.7 Å². The first-order chi connectivity index (χ1) is 9.69. The number of amides is 1. The van der Waals surface area contributed by atoms with Crippen LogP contribution in [0.3, 0.4) is 0 Å². The molecule has 1 fully saturated rings. The van der Waals surface area contributed by atoms with E-state index in [9.17, 15) is 4.79 Å². The molecule has 0 saturated carbocycles. The molecule has 0 atom stereocenters. The molecule has 2 rings (SSSR count). The summed E-state index contributed by atoms with van der Waals surface area (Å²) in [5.41, 5.74) is -0.798. The van der Waals surface area contributed by atoms with E-state index < -0.39 is 5.60 Å². The zero-order valence-electron chi connectivity index (χ0n) is 13.5. The normalized spacial score (nSPS) is 18.5. The van der Waals surface area contributed by atoms with Gasteiger partial charge >= 0.3 is 6.09 Å². The van der Waals surface area contributed by atoms with Gasteiger partial charge < -0.3 is 9.64 Å². The van der Waals surface area contributed by atoms with E-state index in [1.807, 2.05) is 34.6 Å². The second kappa shape index (κ2) is 5.50. The number of ether oxygens (including phenoxy) is 1. The third-order valence-corrected chi connectivity index (χ3v) is 3.39. The van der Waals surface area contributed by atoms with Gasteiger partial charge in [-0.05, 0) is 34.6 Å². The minimum absolute atomic E-state index is 0.258. The molecule has 21 heavy (non-hydrogen) atoms. The van der Waals surface area contributed by atoms with Crippen LogP contribution in [0.15, 0.2) is 18.6 Å². The fourth-order valence-corrected chi connectivity index (χ4v) is 2.46. The molecule has 116 valence electrons. The van der Waals surface area contributed by atoms with E-state index in [1.54, 1.807) is 23.5 Å². The number of aromatic nitrogens is 2. The topological polar surface area (TPSA) is 58.6 Å². The van der Waals surface area contributed by atoms with Crippen molar-refractivity contribution >= 4 is 11.9 Å². The lowest BCUT2D eigenvalue weighted by Gasteiger charge is -2.47. The van der Waals surface area contributed by atoms with Crippen molar-refractivity contribution < 1.29 is 9.53 Å². The largest absolute Gasteiger partial charge is 0.444 e. The van der Waals surface area contributed by atoms with Crippen molar-refractivity contribution in [1.29, 1.82) is 0 Å². The lowest BCUT2D eigenvalue weighted by molar-refractivity contribution is 0.000311. The highest BCUT2D eigenvalue weighted by Gasteiger charge is 2.39. The Morgan fingerprint density at radius 3 is 2.52 bits per heavy atom. The predicted octanol–water partition coefficient (Wildman–Crippen LogP) is 2.31. The lowest BCUT2D eigenvalue weighted by atomic mass is 9.99. The summed E-state index contributed by atoms with van der Waals surface area (Å²) in [5.74, 6) is 0.842. The molecular formula is C15H24N4O2. The second-order valence-corrected chi connectivity index (χ2v) is 6.93. The van der Waals surface area contributed by atoms with Crippen molar-refractivity contribution in [3.8, 4) is 0 Å². The van der Waals surface area contributed by atoms with Crippen LogP contribution < -0.4 is 4.90 Å². The van der Waals surface area contributed by atoms with Crippen LogP contribution in [0.4, 0.5) is 10.6 Å². The summed E-state index contributed by atoms with van der Waals surface area (Å²) in [6.45, 7) is 11.8. The molecule has 0 aliphatic carbocycles. The van der Waals surface area contributed by atoms with Crippen molar-refractivity contribution in [2.75, 3.05) is 24.5 Å². The summed E-state index contributed by atoms with van der Waals surface area (Å²) in [4.78, 5) is 24.7. The fourth-order valence-electron chi connectivity index (χ4n) is 2.46. The van der Waals surface area contributed by atoms with Gasteiger partial charge in [0, 0.05) is 32.0 Å². The fraction of sp³-hybridized carbons (Fsp3) is 0.667. The zero-order valence-corrected chi connectivity index (χ0v) is 13.5. The number of anilines is 1. The Balaban J connectivity index is 2.08. The summed E-state index contributed by atoms with van der Waals surface area (Å²) in [6.07, 6.45) is 4.83. The SMILES string of the molecule is CC(C)(C)OC(=O)N1CCN(c2cnccn2)CC1(C)C. The van der Waals surface area contributed by atoms with E-state index in [0.717, 1.165) is 12.4 Å². The van der Waals surface area contributed by atoms with Gasteiger partial charge in [-0.1, -0.05) is 0 Å². The highest BCUT2D eigenvalue weighted by molar-refractivity contribution is 5.69. The van der Waals surface area contributed by atoms with Crippen LogP contribution in [0.2, 0.25) is 0 Å². The van der Waals surface area contributed by atoms with Crippen LogP contribution in [0, 0.1) is 0 Å². The maximum Gasteiger partial charge on any atom is 0.410 e. The van der Waals surface area contributed by atoms with Crippen molar-refractivity contribution in [1.82, 2.24) is 14.9 Å². The van der Waals surface area contributed by atoms with Gasteiger partial charge in [0.1, 0.15) is 11.4 Å². The van der Waals surface area contributed by atoms with E-state index in [0.29, 0.717) is 13.1 Å². The minimum Gasteiger partial charge on any atom is -0.444 e. The molecule has 1 aliphatic rings. The van der Waals surface area contributed by atoms with Crippen molar-refractivity contribution in [3.63, 3.8) is 0 Å².